The number of sulfonamides is 1. The van der Waals surface area contributed by atoms with E-state index in [-0.39, 0.29) is 10.9 Å². The number of nitrogens with one attached hydrogen (secondary N) is 2. The number of carbonyl (C=O) groups is 1. The van der Waals surface area contributed by atoms with Gasteiger partial charge in [-0.25, -0.2) is 13.2 Å². The van der Waals surface area contributed by atoms with Gasteiger partial charge in [-0.1, -0.05) is 16.6 Å². The highest BCUT2D eigenvalue weighted by Gasteiger charge is 2.20. The average Bonchev–Trinajstić information content (AvgIpc) is 2.68. The maximum atomic E-state index is 12.1. The van der Waals surface area contributed by atoms with E-state index in [2.05, 4.69) is 10.6 Å². The molecule has 0 aromatic heterocycles. The zero-order valence-corrected chi connectivity index (χ0v) is 16.2. The van der Waals surface area contributed by atoms with Gasteiger partial charge in [0.15, 0.2) is 0 Å². The van der Waals surface area contributed by atoms with Gasteiger partial charge in [0.2, 0.25) is 0 Å². The molecule has 0 radical (unpaired) electrons. The van der Waals surface area contributed by atoms with Crippen molar-refractivity contribution in [3.8, 4) is 5.75 Å². The molecule has 0 saturated carbocycles. The number of methoxy groups -OCH3 is 1. The molecular formula is C18H23N3O5S. The molecule has 8 nitrogen and oxygen atoms in total. The lowest BCUT2D eigenvalue weighted by atomic mass is 10.1. The Morgan fingerprint density at radius 3 is 2.22 bits per heavy atom. The van der Waals surface area contributed by atoms with Gasteiger partial charge in [0.05, 0.1) is 19.1 Å². The lowest BCUT2D eigenvalue weighted by molar-refractivity contribution is -0.0258. The molecule has 2 N–H and O–H groups in total. The van der Waals surface area contributed by atoms with Crippen molar-refractivity contribution >= 4 is 21.7 Å². The first kappa shape index (κ1) is 20.7. The second-order valence-corrected chi connectivity index (χ2v) is 7.54. The molecule has 0 saturated heterocycles. The van der Waals surface area contributed by atoms with E-state index >= 15 is 0 Å². The van der Waals surface area contributed by atoms with Crippen LogP contribution in [0.2, 0.25) is 0 Å². The summed E-state index contributed by atoms with van der Waals surface area (Å²) in [6.07, 6.45) is 0.679. The van der Waals surface area contributed by atoms with Crippen LogP contribution >= 0.6 is 0 Å². The van der Waals surface area contributed by atoms with E-state index in [0.29, 0.717) is 18.7 Å². The standard InChI is InChI=1S/C18H23N3O5S/c1-21(26-3)27(23,24)17-10-6-15(7-11-17)20-18(22)19-13-12-14-4-8-16(25-2)9-5-14/h4-11H,12-13H2,1-3H3,(H2,19,20,22). The summed E-state index contributed by atoms with van der Waals surface area (Å²) in [7, 11) is 0.470. The van der Waals surface area contributed by atoms with Crippen LogP contribution in [0.3, 0.4) is 0 Å². The van der Waals surface area contributed by atoms with Crippen LogP contribution in [0.25, 0.3) is 0 Å². The molecule has 9 heteroatoms. The second-order valence-electron chi connectivity index (χ2n) is 5.60. The van der Waals surface area contributed by atoms with Crippen LogP contribution in [-0.4, -0.2) is 46.7 Å². The number of ether oxygens (including phenoxy) is 1. The number of anilines is 1. The van der Waals surface area contributed by atoms with Crippen molar-refractivity contribution in [3.05, 3.63) is 54.1 Å². The van der Waals surface area contributed by atoms with Crippen LogP contribution in [0, 0.1) is 0 Å². The largest absolute Gasteiger partial charge is 0.497 e. The van der Waals surface area contributed by atoms with Gasteiger partial charge < -0.3 is 15.4 Å². The quantitative estimate of drug-likeness (QED) is 0.671. The number of carbonyl (C=O) groups excluding carboxylic acids is 1. The zero-order chi connectivity index (χ0) is 19.9. The van der Waals surface area contributed by atoms with Gasteiger partial charge in [-0.3, -0.25) is 4.84 Å². The fourth-order valence-electron chi connectivity index (χ4n) is 2.24. The summed E-state index contributed by atoms with van der Waals surface area (Å²) in [5.41, 5.74) is 1.56. The Morgan fingerprint density at radius 1 is 1.04 bits per heavy atom. The fourth-order valence-corrected chi connectivity index (χ4v) is 3.22. The minimum Gasteiger partial charge on any atom is -0.497 e. The predicted octanol–water partition coefficient (Wildman–Crippen LogP) is 2.24. The number of hydrogen-bond donors (Lipinski definition) is 2. The molecule has 0 aliphatic rings. The fraction of sp³-hybridized carbons (Fsp3) is 0.278. The average molecular weight is 393 g/mol. The van der Waals surface area contributed by atoms with Crippen molar-refractivity contribution in [1.82, 2.24) is 9.79 Å². The smallest absolute Gasteiger partial charge is 0.319 e. The first-order chi connectivity index (χ1) is 12.9. The Kier molecular flexibility index (Phi) is 7.17. The summed E-state index contributed by atoms with van der Waals surface area (Å²) in [6.45, 7) is 0.462. The van der Waals surface area contributed by atoms with Crippen LogP contribution in [0.1, 0.15) is 5.56 Å². The molecule has 0 unspecified atom stereocenters. The molecule has 2 aromatic rings. The molecule has 27 heavy (non-hydrogen) atoms. The maximum Gasteiger partial charge on any atom is 0.319 e. The molecule has 2 rings (SSSR count). The normalized spacial score (nSPS) is 11.3. The molecule has 0 atom stereocenters. The van der Waals surface area contributed by atoms with Gasteiger partial charge in [0, 0.05) is 19.3 Å². The van der Waals surface area contributed by atoms with Gasteiger partial charge in [0.1, 0.15) is 5.75 Å². The Hall–Kier alpha value is -2.62. The van der Waals surface area contributed by atoms with E-state index in [0.717, 1.165) is 15.8 Å². The summed E-state index contributed by atoms with van der Waals surface area (Å²) in [5, 5.41) is 5.41. The second kappa shape index (κ2) is 9.36. The van der Waals surface area contributed by atoms with Crippen molar-refractivity contribution in [2.45, 2.75) is 11.3 Å². The summed E-state index contributed by atoms with van der Waals surface area (Å²) < 4.78 is 30.1. The van der Waals surface area contributed by atoms with Crippen molar-refractivity contribution in [3.63, 3.8) is 0 Å². The molecule has 2 amide bonds. The molecule has 0 spiro atoms. The minimum absolute atomic E-state index is 0.0670. The summed E-state index contributed by atoms with van der Waals surface area (Å²) in [4.78, 5) is 16.7. The van der Waals surface area contributed by atoms with E-state index in [4.69, 9.17) is 9.57 Å². The molecule has 0 aliphatic carbocycles. The summed E-state index contributed by atoms with van der Waals surface area (Å²) in [5.74, 6) is 0.784. The van der Waals surface area contributed by atoms with Gasteiger partial charge in [0.25, 0.3) is 10.0 Å². The maximum absolute atomic E-state index is 12.1. The van der Waals surface area contributed by atoms with Crippen LogP contribution in [0.5, 0.6) is 5.75 Å². The third-order valence-corrected chi connectivity index (χ3v) is 5.56. The molecule has 146 valence electrons. The highest BCUT2D eigenvalue weighted by Crippen LogP contribution is 2.17. The molecule has 2 aromatic carbocycles. The third-order valence-electron chi connectivity index (χ3n) is 3.86. The van der Waals surface area contributed by atoms with E-state index in [1.54, 1.807) is 7.11 Å². The first-order valence-corrected chi connectivity index (χ1v) is 9.61. The van der Waals surface area contributed by atoms with Crippen molar-refractivity contribution in [1.29, 1.82) is 0 Å². The minimum atomic E-state index is -3.71. The molecule has 0 heterocycles. The van der Waals surface area contributed by atoms with Gasteiger partial charge in [-0.05, 0) is 48.4 Å². The lowest BCUT2D eigenvalue weighted by Gasteiger charge is -2.14. The van der Waals surface area contributed by atoms with Crippen LogP contribution in [-0.2, 0) is 21.3 Å². The van der Waals surface area contributed by atoms with Crippen LogP contribution in [0.15, 0.2) is 53.4 Å². The summed E-state index contributed by atoms with van der Waals surface area (Å²) in [6, 6.07) is 13.1. The van der Waals surface area contributed by atoms with E-state index < -0.39 is 10.0 Å². The topological polar surface area (TPSA) is 97.0 Å². The number of amides is 2. The highest BCUT2D eigenvalue weighted by molar-refractivity contribution is 7.89. The Balaban J connectivity index is 1.85. The molecule has 0 bridgehead atoms. The molecule has 0 fully saturated rings. The number of nitrogens with zero attached hydrogens (tertiary/aromatic N) is 1. The van der Waals surface area contributed by atoms with Gasteiger partial charge >= 0.3 is 6.03 Å². The van der Waals surface area contributed by atoms with Gasteiger partial charge in [-0.2, -0.15) is 0 Å². The number of rotatable bonds is 8. The Bertz CT molecular complexity index is 852. The predicted molar refractivity (Wildman–Crippen MR) is 102 cm³/mol. The number of urea groups is 1. The summed E-state index contributed by atoms with van der Waals surface area (Å²) >= 11 is 0. The lowest BCUT2D eigenvalue weighted by Crippen LogP contribution is -2.30. The van der Waals surface area contributed by atoms with E-state index in [1.165, 1.54) is 38.4 Å². The third kappa shape index (κ3) is 5.68. The van der Waals surface area contributed by atoms with Crippen molar-refractivity contribution in [2.75, 3.05) is 33.1 Å². The number of hydroxylamine groups is 1. The molecular weight excluding hydrogens is 370 g/mol. The van der Waals surface area contributed by atoms with Crippen molar-refractivity contribution < 1.29 is 22.8 Å². The number of benzene rings is 2. The molecule has 0 aliphatic heterocycles. The zero-order valence-electron chi connectivity index (χ0n) is 15.4. The van der Waals surface area contributed by atoms with E-state index in [9.17, 15) is 13.2 Å². The Morgan fingerprint density at radius 2 is 1.67 bits per heavy atom. The van der Waals surface area contributed by atoms with Gasteiger partial charge in [-0.15, -0.1) is 0 Å². The van der Waals surface area contributed by atoms with E-state index in [1.807, 2.05) is 24.3 Å². The highest BCUT2D eigenvalue weighted by atomic mass is 32.2. The van der Waals surface area contributed by atoms with Crippen LogP contribution < -0.4 is 15.4 Å². The Labute approximate surface area is 159 Å². The SMILES string of the molecule is COc1ccc(CCNC(=O)Nc2ccc(S(=O)(=O)N(C)OC)cc2)cc1. The van der Waals surface area contributed by atoms with Crippen molar-refractivity contribution in [2.24, 2.45) is 0 Å². The monoisotopic (exact) mass is 393 g/mol. The van der Waals surface area contributed by atoms with Crippen LogP contribution in [0.4, 0.5) is 10.5 Å². The number of hydrogen-bond acceptors (Lipinski definition) is 5. The first-order valence-electron chi connectivity index (χ1n) is 8.17.